The number of pyridine rings is 2. The lowest BCUT2D eigenvalue weighted by Gasteiger charge is -2.08. The number of rotatable bonds is 4. The fourth-order valence-electron chi connectivity index (χ4n) is 4.07. The van der Waals surface area contributed by atoms with Crippen molar-refractivity contribution in [1.82, 2.24) is 0 Å². The minimum absolute atomic E-state index is 0. The lowest BCUT2D eigenvalue weighted by molar-refractivity contribution is -0.645. The van der Waals surface area contributed by atoms with Gasteiger partial charge in [0.1, 0.15) is 14.1 Å². The number of nitrogens with one attached hydrogen (secondary N) is 2. The highest BCUT2D eigenvalue weighted by atomic mass is 35.5. The van der Waals surface area contributed by atoms with E-state index in [2.05, 4.69) is 10.6 Å². The number of halogens is 1. The summed E-state index contributed by atoms with van der Waals surface area (Å²) in [5.41, 5.74) is 4.56. The van der Waals surface area contributed by atoms with Gasteiger partial charge in [-0.05, 0) is 60.7 Å². The van der Waals surface area contributed by atoms with Crippen LogP contribution in [0.25, 0.3) is 21.8 Å². The van der Waals surface area contributed by atoms with Crippen molar-refractivity contribution in [3.8, 4) is 0 Å². The van der Waals surface area contributed by atoms with E-state index in [1.807, 2.05) is 96.3 Å². The summed E-state index contributed by atoms with van der Waals surface area (Å²) in [4.78, 5) is 25.4. The molecule has 2 amide bonds. The van der Waals surface area contributed by atoms with Gasteiger partial charge in [0.05, 0.1) is 0 Å². The summed E-state index contributed by atoms with van der Waals surface area (Å²) in [5, 5.41) is 7.94. The van der Waals surface area contributed by atoms with E-state index >= 15 is 0 Å². The number of hydrogen-bond acceptors (Lipinski definition) is 2. The number of amides is 2. The first kappa shape index (κ1) is 23.9. The number of carbonyl (C=O) groups is 2. The molecule has 0 aliphatic heterocycles. The number of benzene rings is 3. The van der Waals surface area contributed by atoms with Gasteiger partial charge in [0.2, 0.25) is 11.0 Å². The van der Waals surface area contributed by atoms with Gasteiger partial charge < -0.3 is 23.0 Å². The SMILES string of the molecule is C[n+]1cccc2cc(NC(=O)c3ccc(C(=O)Nc4ccc5c(ccc[n+]5C)c4)cc3)ccc21.[Cl-]. The van der Waals surface area contributed by atoms with Crippen LogP contribution in [0.3, 0.4) is 0 Å². The van der Waals surface area contributed by atoms with Crippen LogP contribution in [0.1, 0.15) is 20.7 Å². The molecule has 0 spiro atoms. The topological polar surface area (TPSA) is 66.0 Å². The normalized spacial score (nSPS) is 10.6. The maximum Gasteiger partial charge on any atom is 0.255 e. The lowest BCUT2D eigenvalue weighted by Crippen LogP contribution is -3.00. The lowest BCUT2D eigenvalue weighted by atomic mass is 10.1. The fraction of sp³-hybridized carbons (Fsp3) is 0.0714. The van der Waals surface area contributed by atoms with Gasteiger partial charge in [-0.15, -0.1) is 0 Å². The molecule has 3 aromatic carbocycles. The highest BCUT2D eigenvalue weighted by Crippen LogP contribution is 2.19. The third-order valence-corrected chi connectivity index (χ3v) is 5.91. The van der Waals surface area contributed by atoms with Gasteiger partial charge in [0.15, 0.2) is 12.4 Å². The Morgan fingerprint density at radius 3 is 1.40 bits per heavy atom. The summed E-state index contributed by atoms with van der Waals surface area (Å²) in [6, 6.07) is 26.2. The minimum atomic E-state index is -0.228. The highest BCUT2D eigenvalue weighted by Gasteiger charge is 2.12. The summed E-state index contributed by atoms with van der Waals surface area (Å²) in [6.07, 6.45) is 3.97. The standard InChI is InChI=1S/C28H22N4O2.ClH/c1-31-15-3-5-21-17-23(11-13-25(21)31)29-27(33)19-7-9-20(10-8-19)28(34)30-24-12-14-26-22(18-24)6-4-16-32(26)2;/h3-18H,1-2H3;1H/p+1. The van der Waals surface area contributed by atoms with Gasteiger partial charge in [-0.1, -0.05) is 0 Å². The first-order chi connectivity index (χ1) is 16.5. The number of aryl methyl sites for hydroxylation is 2. The third-order valence-electron chi connectivity index (χ3n) is 5.91. The Kier molecular flexibility index (Phi) is 6.75. The van der Waals surface area contributed by atoms with Crippen LogP contribution in [0, 0.1) is 0 Å². The molecule has 0 saturated carbocycles. The first-order valence-corrected chi connectivity index (χ1v) is 11.0. The molecule has 35 heavy (non-hydrogen) atoms. The monoisotopic (exact) mass is 483 g/mol. The van der Waals surface area contributed by atoms with E-state index in [0.29, 0.717) is 11.1 Å². The van der Waals surface area contributed by atoms with E-state index in [1.54, 1.807) is 24.3 Å². The molecule has 0 aliphatic rings. The van der Waals surface area contributed by atoms with Crippen molar-refractivity contribution in [2.45, 2.75) is 0 Å². The van der Waals surface area contributed by atoms with E-state index in [9.17, 15) is 9.59 Å². The highest BCUT2D eigenvalue weighted by molar-refractivity contribution is 6.08. The van der Waals surface area contributed by atoms with Crippen molar-refractivity contribution in [1.29, 1.82) is 0 Å². The molecule has 2 aromatic heterocycles. The van der Waals surface area contributed by atoms with Gasteiger partial charge in [0.25, 0.3) is 11.8 Å². The van der Waals surface area contributed by atoms with Crippen molar-refractivity contribution in [3.63, 3.8) is 0 Å². The molecule has 5 rings (SSSR count). The Morgan fingerprint density at radius 2 is 1.00 bits per heavy atom. The zero-order valence-corrected chi connectivity index (χ0v) is 20.1. The van der Waals surface area contributed by atoms with E-state index < -0.39 is 0 Å². The van der Waals surface area contributed by atoms with Crippen LogP contribution in [0.2, 0.25) is 0 Å². The number of nitrogens with zero attached hydrogens (tertiary/aromatic N) is 2. The molecule has 2 heterocycles. The Morgan fingerprint density at radius 1 is 0.600 bits per heavy atom. The van der Waals surface area contributed by atoms with E-state index in [0.717, 1.165) is 33.2 Å². The molecule has 0 radical (unpaired) electrons. The minimum Gasteiger partial charge on any atom is -1.00 e. The predicted octanol–water partition coefficient (Wildman–Crippen LogP) is 1.15. The molecule has 5 aromatic rings. The summed E-state index contributed by atoms with van der Waals surface area (Å²) in [7, 11) is 3.97. The van der Waals surface area contributed by atoms with Gasteiger partial charge in [-0.25, -0.2) is 9.13 Å². The van der Waals surface area contributed by atoms with Gasteiger partial charge >= 0.3 is 0 Å². The summed E-state index contributed by atoms with van der Waals surface area (Å²) < 4.78 is 4.06. The van der Waals surface area contributed by atoms with Crippen LogP contribution in [-0.4, -0.2) is 11.8 Å². The predicted molar refractivity (Wildman–Crippen MR) is 133 cm³/mol. The third kappa shape index (κ3) is 4.98. The van der Waals surface area contributed by atoms with Crippen molar-refractivity contribution in [2.24, 2.45) is 14.1 Å². The Balaban J connectivity index is 0.00000289. The molecular formula is C28H24ClN4O2+. The van der Waals surface area contributed by atoms with Crippen molar-refractivity contribution < 1.29 is 31.1 Å². The number of carbonyl (C=O) groups excluding carboxylic acids is 2. The number of hydrogen-bond donors (Lipinski definition) is 2. The van der Waals surface area contributed by atoms with Gasteiger partial charge in [-0.2, -0.15) is 0 Å². The molecule has 7 heteroatoms. The molecular weight excluding hydrogens is 460 g/mol. The zero-order chi connectivity index (χ0) is 23.7. The van der Waals surface area contributed by atoms with Crippen LogP contribution in [0.4, 0.5) is 11.4 Å². The van der Waals surface area contributed by atoms with Crippen LogP contribution in [0.15, 0.2) is 97.3 Å². The molecule has 0 aliphatic carbocycles. The smallest absolute Gasteiger partial charge is 0.255 e. The molecule has 0 saturated heterocycles. The molecule has 0 bridgehead atoms. The van der Waals surface area contributed by atoms with Crippen molar-refractivity contribution in [3.05, 3.63) is 108 Å². The summed E-state index contributed by atoms with van der Waals surface area (Å²) in [5.74, 6) is -0.456. The van der Waals surface area contributed by atoms with Crippen molar-refractivity contribution in [2.75, 3.05) is 10.6 Å². The largest absolute Gasteiger partial charge is 1.00 e. The molecule has 6 nitrogen and oxygen atoms in total. The molecule has 2 N–H and O–H groups in total. The van der Waals surface area contributed by atoms with Crippen molar-refractivity contribution >= 4 is 45.0 Å². The number of anilines is 2. The van der Waals surface area contributed by atoms with E-state index in [4.69, 9.17) is 0 Å². The van der Waals surface area contributed by atoms with Crippen LogP contribution < -0.4 is 32.2 Å². The quantitative estimate of drug-likeness (QED) is 0.377. The van der Waals surface area contributed by atoms with Crippen LogP contribution >= 0.6 is 0 Å². The van der Waals surface area contributed by atoms with Gasteiger partial charge in [0, 0.05) is 57.5 Å². The Bertz CT molecular complexity index is 1450. The van der Waals surface area contributed by atoms with Crippen LogP contribution in [-0.2, 0) is 14.1 Å². The second-order valence-electron chi connectivity index (χ2n) is 8.27. The van der Waals surface area contributed by atoms with E-state index in [1.165, 1.54) is 0 Å². The Hall–Kier alpha value is -4.29. The second-order valence-corrected chi connectivity index (χ2v) is 8.27. The molecule has 174 valence electrons. The summed E-state index contributed by atoms with van der Waals surface area (Å²) >= 11 is 0. The molecule has 0 unspecified atom stereocenters. The zero-order valence-electron chi connectivity index (χ0n) is 19.3. The number of aromatic nitrogens is 2. The molecule has 0 atom stereocenters. The number of fused-ring (bicyclic) bond motifs is 2. The average molecular weight is 484 g/mol. The molecule has 0 fully saturated rings. The van der Waals surface area contributed by atoms with Crippen LogP contribution in [0.5, 0.6) is 0 Å². The average Bonchev–Trinajstić information content (AvgIpc) is 2.84. The maximum atomic E-state index is 12.7. The van der Waals surface area contributed by atoms with E-state index in [-0.39, 0.29) is 24.2 Å². The fourth-order valence-corrected chi connectivity index (χ4v) is 4.07. The first-order valence-electron chi connectivity index (χ1n) is 11.0. The van der Waals surface area contributed by atoms with Gasteiger partial charge in [-0.3, -0.25) is 9.59 Å². The Labute approximate surface area is 209 Å². The summed E-state index contributed by atoms with van der Waals surface area (Å²) in [6.45, 7) is 0. The second kappa shape index (κ2) is 9.91. The maximum absolute atomic E-state index is 12.7.